The van der Waals surface area contributed by atoms with E-state index in [-0.39, 0.29) is 6.42 Å². The van der Waals surface area contributed by atoms with Crippen molar-refractivity contribution < 1.29 is 9.90 Å². The minimum Gasteiger partial charge on any atom is -0.481 e. The maximum atomic E-state index is 10.4. The molecule has 0 aliphatic rings. The number of aliphatic carboxylic acids is 1. The Hall–Kier alpha value is -0.350. The van der Waals surface area contributed by atoms with Crippen molar-refractivity contribution in [3.05, 3.63) is 32.7 Å². The molecule has 0 aliphatic carbocycles. The number of halogens is 2. The van der Waals surface area contributed by atoms with Crippen LogP contribution < -0.4 is 0 Å². The molecule has 64 valence electrons. The molecule has 4 heteroatoms. The van der Waals surface area contributed by atoms with Crippen LogP contribution in [-0.4, -0.2) is 11.1 Å². The Morgan fingerprint density at radius 1 is 1.42 bits per heavy atom. The lowest BCUT2D eigenvalue weighted by Gasteiger charge is -2.02. The summed E-state index contributed by atoms with van der Waals surface area (Å²) in [6.07, 6.45) is 0.0417. The molecule has 0 aromatic heterocycles. The quantitative estimate of drug-likeness (QED) is 0.910. The number of benzene rings is 1. The van der Waals surface area contributed by atoms with Gasteiger partial charge in [0.1, 0.15) is 0 Å². The van der Waals surface area contributed by atoms with E-state index in [4.69, 9.17) is 5.11 Å². The molecule has 0 aliphatic heterocycles. The molecule has 0 saturated heterocycles. The average Bonchev–Trinajstić information content (AvgIpc) is 1.98. The normalized spacial score (nSPS) is 9.83. The Labute approximate surface area is 86.9 Å². The molecule has 1 N–H and O–H groups in total. The van der Waals surface area contributed by atoms with Crippen LogP contribution >= 0.6 is 31.9 Å². The summed E-state index contributed by atoms with van der Waals surface area (Å²) in [5.41, 5.74) is 0.775. The molecule has 1 aromatic carbocycles. The second-order valence-corrected chi connectivity index (χ2v) is 3.93. The van der Waals surface area contributed by atoms with Crippen molar-refractivity contribution in [3.63, 3.8) is 0 Å². The van der Waals surface area contributed by atoms with Crippen molar-refractivity contribution in [3.8, 4) is 0 Å². The van der Waals surface area contributed by atoms with Crippen LogP contribution in [0.25, 0.3) is 0 Å². The molecule has 0 unspecified atom stereocenters. The van der Waals surface area contributed by atoms with E-state index in [2.05, 4.69) is 31.9 Å². The molecular formula is C8H6Br2O2. The van der Waals surface area contributed by atoms with Crippen LogP contribution in [0.1, 0.15) is 5.56 Å². The Morgan fingerprint density at radius 2 is 2.08 bits per heavy atom. The highest BCUT2D eigenvalue weighted by Crippen LogP contribution is 2.26. The molecule has 0 fully saturated rings. The van der Waals surface area contributed by atoms with Gasteiger partial charge in [-0.15, -0.1) is 0 Å². The molecule has 0 bridgehead atoms. The number of carbonyl (C=O) groups is 1. The van der Waals surface area contributed by atoms with Gasteiger partial charge in [0.05, 0.1) is 6.42 Å². The zero-order valence-electron chi connectivity index (χ0n) is 6.05. The van der Waals surface area contributed by atoms with Gasteiger partial charge in [0.15, 0.2) is 0 Å². The fraction of sp³-hybridized carbons (Fsp3) is 0.125. The Bertz CT molecular complexity index is 310. The van der Waals surface area contributed by atoms with E-state index < -0.39 is 5.97 Å². The van der Waals surface area contributed by atoms with E-state index in [0.29, 0.717) is 0 Å². The minimum absolute atomic E-state index is 0.0417. The Kier molecular flexibility index (Phi) is 3.29. The smallest absolute Gasteiger partial charge is 0.307 e. The Balaban J connectivity index is 3.00. The lowest BCUT2D eigenvalue weighted by atomic mass is 10.2. The van der Waals surface area contributed by atoms with Gasteiger partial charge in [0.2, 0.25) is 0 Å². The maximum absolute atomic E-state index is 10.4. The SMILES string of the molecule is O=C(O)Cc1cccc(Br)c1Br. The van der Waals surface area contributed by atoms with Crippen molar-refractivity contribution in [2.75, 3.05) is 0 Å². The second kappa shape index (κ2) is 4.05. The molecule has 12 heavy (non-hydrogen) atoms. The minimum atomic E-state index is -0.825. The van der Waals surface area contributed by atoms with Crippen LogP contribution in [0.5, 0.6) is 0 Å². The number of hydrogen-bond donors (Lipinski definition) is 1. The van der Waals surface area contributed by atoms with Gasteiger partial charge < -0.3 is 5.11 Å². The molecule has 2 nitrogen and oxygen atoms in total. The summed E-state index contributed by atoms with van der Waals surface area (Å²) in [5.74, 6) is -0.825. The predicted molar refractivity (Wildman–Crippen MR) is 53.2 cm³/mol. The van der Waals surface area contributed by atoms with Gasteiger partial charge in [-0.1, -0.05) is 12.1 Å². The molecule has 0 saturated carbocycles. The van der Waals surface area contributed by atoms with Gasteiger partial charge in [-0.2, -0.15) is 0 Å². The Morgan fingerprint density at radius 3 is 2.67 bits per heavy atom. The third kappa shape index (κ3) is 2.32. The molecule has 0 heterocycles. The van der Waals surface area contributed by atoms with E-state index in [1.165, 1.54) is 0 Å². The summed E-state index contributed by atoms with van der Waals surface area (Å²) in [6.45, 7) is 0. The van der Waals surface area contributed by atoms with Crippen molar-refractivity contribution >= 4 is 37.8 Å². The van der Waals surface area contributed by atoms with Gasteiger partial charge in [0, 0.05) is 8.95 Å². The van der Waals surface area contributed by atoms with E-state index in [1.54, 1.807) is 6.07 Å². The maximum Gasteiger partial charge on any atom is 0.307 e. The zero-order valence-corrected chi connectivity index (χ0v) is 9.22. The summed E-state index contributed by atoms with van der Waals surface area (Å²) in [4.78, 5) is 10.4. The highest BCUT2D eigenvalue weighted by atomic mass is 79.9. The van der Waals surface area contributed by atoms with E-state index >= 15 is 0 Å². The lowest BCUT2D eigenvalue weighted by Crippen LogP contribution is -2.00. The predicted octanol–water partition coefficient (Wildman–Crippen LogP) is 2.84. The van der Waals surface area contributed by atoms with E-state index in [0.717, 1.165) is 14.5 Å². The van der Waals surface area contributed by atoms with Gasteiger partial charge in [0.25, 0.3) is 0 Å². The summed E-state index contributed by atoms with van der Waals surface area (Å²) in [5, 5.41) is 8.55. The highest BCUT2D eigenvalue weighted by molar-refractivity contribution is 9.13. The van der Waals surface area contributed by atoms with Crippen LogP contribution in [0, 0.1) is 0 Å². The number of carboxylic acids is 1. The van der Waals surface area contributed by atoms with Crippen LogP contribution in [-0.2, 0) is 11.2 Å². The molecule has 0 spiro atoms. The fourth-order valence-corrected chi connectivity index (χ4v) is 1.66. The van der Waals surface area contributed by atoms with Crippen molar-refractivity contribution in [1.82, 2.24) is 0 Å². The van der Waals surface area contributed by atoms with Gasteiger partial charge in [-0.25, -0.2) is 0 Å². The van der Waals surface area contributed by atoms with Crippen LogP contribution in [0.15, 0.2) is 27.1 Å². The topological polar surface area (TPSA) is 37.3 Å². The van der Waals surface area contributed by atoms with Gasteiger partial charge >= 0.3 is 5.97 Å². The van der Waals surface area contributed by atoms with Crippen LogP contribution in [0.2, 0.25) is 0 Å². The van der Waals surface area contributed by atoms with Gasteiger partial charge in [-0.05, 0) is 43.5 Å². The first-order chi connectivity index (χ1) is 5.61. The molecule has 0 atom stereocenters. The third-order valence-electron chi connectivity index (χ3n) is 1.37. The summed E-state index contributed by atoms with van der Waals surface area (Å²) >= 11 is 6.59. The first-order valence-electron chi connectivity index (χ1n) is 3.26. The van der Waals surface area contributed by atoms with Crippen molar-refractivity contribution in [2.24, 2.45) is 0 Å². The monoisotopic (exact) mass is 292 g/mol. The fourth-order valence-electron chi connectivity index (χ4n) is 0.848. The van der Waals surface area contributed by atoms with Crippen molar-refractivity contribution in [1.29, 1.82) is 0 Å². The van der Waals surface area contributed by atoms with Crippen molar-refractivity contribution in [2.45, 2.75) is 6.42 Å². The largest absolute Gasteiger partial charge is 0.481 e. The van der Waals surface area contributed by atoms with Crippen LogP contribution in [0.3, 0.4) is 0 Å². The molecule has 1 rings (SSSR count). The standard InChI is InChI=1S/C8H6Br2O2/c9-6-3-1-2-5(8(6)10)4-7(11)12/h1-3H,4H2,(H,11,12). The molecule has 0 radical (unpaired) electrons. The molecule has 1 aromatic rings. The summed E-state index contributed by atoms with van der Waals surface area (Å²) in [7, 11) is 0. The second-order valence-electron chi connectivity index (χ2n) is 2.28. The first kappa shape index (κ1) is 9.74. The summed E-state index contributed by atoms with van der Waals surface area (Å²) in [6, 6.07) is 5.45. The molecule has 0 amide bonds. The van der Waals surface area contributed by atoms with Gasteiger partial charge in [-0.3, -0.25) is 4.79 Å². The van der Waals surface area contributed by atoms with E-state index in [9.17, 15) is 4.79 Å². The number of carboxylic acid groups (broad SMARTS) is 1. The zero-order chi connectivity index (χ0) is 9.14. The highest BCUT2D eigenvalue weighted by Gasteiger charge is 2.06. The number of rotatable bonds is 2. The van der Waals surface area contributed by atoms with E-state index in [1.807, 2.05) is 12.1 Å². The number of hydrogen-bond acceptors (Lipinski definition) is 1. The summed E-state index contributed by atoms with van der Waals surface area (Å²) < 4.78 is 1.69. The van der Waals surface area contributed by atoms with Crippen LogP contribution in [0.4, 0.5) is 0 Å². The molecular weight excluding hydrogens is 288 g/mol. The third-order valence-corrected chi connectivity index (χ3v) is 3.50. The first-order valence-corrected chi connectivity index (χ1v) is 4.84. The average molecular weight is 294 g/mol. The lowest BCUT2D eigenvalue weighted by molar-refractivity contribution is -0.136.